The Morgan fingerprint density at radius 1 is 1.16 bits per heavy atom. The molecule has 0 saturated carbocycles. The highest BCUT2D eigenvalue weighted by molar-refractivity contribution is 5.91. The molecular formula is C24H43N3O4. The molecule has 0 aromatic rings. The Bertz CT molecular complexity index is 645. The van der Waals surface area contributed by atoms with Gasteiger partial charge >= 0.3 is 5.97 Å². The topological polar surface area (TPSA) is 79.0 Å². The van der Waals surface area contributed by atoms with E-state index in [1.54, 1.807) is 31.9 Å². The van der Waals surface area contributed by atoms with Crippen LogP contribution in [-0.4, -0.2) is 72.0 Å². The van der Waals surface area contributed by atoms with Crippen LogP contribution in [0.5, 0.6) is 0 Å². The summed E-state index contributed by atoms with van der Waals surface area (Å²) >= 11 is 0. The van der Waals surface area contributed by atoms with Gasteiger partial charge in [0.05, 0.1) is 18.7 Å². The fourth-order valence-electron chi connectivity index (χ4n) is 4.10. The predicted molar refractivity (Wildman–Crippen MR) is 123 cm³/mol. The summed E-state index contributed by atoms with van der Waals surface area (Å²) in [6.07, 6.45) is 5.37. The SMILES string of the molecule is CCOC(=O)/C(C)=C/[C@H](CC)N(C)C(=O)[C@@H](NC(=O)[C@H]1CCCCN1C(C)C)C(C)C. The molecule has 1 rings (SSSR count). The van der Waals surface area contributed by atoms with Crippen LogP contribution in [0.25, 0.3) is 0 Å². The lowest BCUT2D eigenvalue weighted by molar-refractivity contribution is -0.140. The summed E-state index contributed by atoms with van der Waals surface area (Å²) < 4.78 is 5.05. The van der Waals surface area contributed by atoms with Gasteiger partial charge in [0.15, 0.2) is 0 Å². The Labute approximate surface area is 188 Å². The number of nitrogens with one attached hydrogen (secondary N) is 1. The average molecular weight is 438 g/mol. The van der Waals surface area contributed by atoms with Gasteiger partial charge in [-0.3, -0.25) is 14.5 Å². The van der Waals surface area contributed by atoms with Crippen molar-refractivity contribution >= 4 is 17.8 Å². The molecule has 1 saturated heterocycles. The average Bonchev–Trinajstić information content (AvgIpc) is 2.74. The molecule has 1 aliphatic rings. The van der Waals surface area contributed by atoms with E-state index in [2.05, 4.69) is 24.1 Å². The number of piperidine rings is 1. The molecule has 31 heavy (non-hydrogen) atoms. The Morgan fingerprint density at radius 2 is 1.81 bits per heavy atom. The van der Waals surface area contributed by atoms with Gasteiger partial charge in [0.25, 0.3) is 0 Å². The van der Waals surface area contributed by atoms with Crippen molar-refractivity contribution in [1.82, 2.24) is 15.1 Å². The second-order valence-corrected chi connectivity index (χ2v) is 9.07. The number of carbonyl (C=O) groups excluding carboxylic acids is 3. The van der Waals surface area contributed by atoms with Crippen molar-refractivity contribution in [3.05, 3.63) is 11.6 Å². The summed E-state index contributed by atoms with van der Waals surface area (Å²) in [6.45, 7) is 14.7. The van der Waals surface area contributed by atoms with E-state index in [1.807, 2.05) is 20.8 Å². The minimum absolute atomic E-state index is 0.0531. The van der Waals surface area contributed by atoms with E-state index in [9.17, 15) is 14.4 Å². The summed E-state index contributed by atoms with van der Waals surface area (Å²) in [5.41, 5.74) is 0.480. The van der Waals surface area contributed by atoms with E-state index >= 15 is 0 Å². The summed E-state index contributed by atoms with van der Waals surface area (Å²) in [5.74, 6) is -0.639. The van der Waals surface area contributed by atoms with Gasteiger partial charge in [-0.15, -0.1) is 0 Å². The second kappa shape index (κ2) is 12.8. The van der Waals surface area contributed by atoms with Gasteiger partial charge < -0.3 is 15.0 Å². The number of hydrogen-bond acceptors (Lipinski definition) is 5. The molecule has 1 fully saturated rings. The van der Waals surface area contributed by atoms with E-state index < -0.39 is 6.04 Å². The van der Waals surface area contributed by atoms with Crippen LogP contribution in [0.4, 0.5) is 0 Å². The highest BCUT2D eigenvalue weighted by Crippen LogP contribution is 2.21. The number of esters is 1. The smallest absolute Gasteiger partial charge is 0.333 e. The lowest BCUT2D eigenvalue weighted by atomic mass is 9.97. The van der Waals surface area contributed by atoms with Crippen LogP contribution in [-0.2, 0) is 19.1 Å². The maximum atomic E-state index is 13.3. The van der Waals surface area contributed by atoms with Gasteiger partial charge in [-0.1, -0.05) is 33.3 Å². The standard InChI is InChI=1S/C24H43N3O4/c1-9-19(15-18(7)24(30)31-10-2)26(8)23(29)21(16(3)4)25-22(28)20-13-11-12-14-27(20)17(5)6/h15-17,19-21H,9-14H2,1-8H3,(H,25,28)/b18-15+/t19-,20+,21-/m0/s1. The van der Waals surface area contributed by atoms with Crippen LogP contribution in [0.15, 0.2) is 11.6 Å². The highest BCUT2D eigenvalue weighted by Gasteiger charge is 2.35. The molecule has 2 amide bonds. The normalized spacial score (nSPS) is 19.8. The largest absolute Gasteiger partial charge is 0.463 e. The third-order valence-corrected chi connectivity index (χ3v) is 6.04. The molecule has 0 aromatic carbocycles. The molecule has 1 heterocycles. The van der Waals surface area contributed by atoms with Crippen LogP contribution in [0.2, 0.25) is 0 Å². The van der Waals surface area contributed by atoms with Gasteiger partial charge in [0.1, 0.15) is 6.04 Å². The number of carbonyl (C=O) groups is 3. The number of hydrogen-bond donors (Lipinski definition) is 1. The van der Waals surface area contributed by atoms with Gasteiger partial charge in [0, 0.05) is 18.7 Å². The van der Waals surface area contributed by atoms with E-state index in [-0.39, 0.29) is 41.8 Å². The fraction of sp³-hybridized carbons (Fsp3) is 0.792. The third-order valence-electron chi connectivity index (χ3n) is 6.04. The minimum atomic E-state index is -0.612. The second-order valence-electron chi connectivity index (χ2n) is 9.07. The first-order chi connectivity index (χ1) is 14.5. The van der Waals surface area contributed by atoms with Crippen LogP contribution < -0.4 is 5.32 Å². The van der Waals surface area contributed by atoms with Gasteiger partial charge in [-0.25, -0.2) is 4.79 Å². The number of amides is 2. The molecule has 1 aliphatic heterocycles. The van der Waals surface area contributed by atoms with E-state index in [0.29, 0.717) is 18.6 Å². The third kappa shape index (κ3) is 7.63. The van der Waals surface area contributed by atoms with Crippen molar-refractivity contribution in [1.29, 1.82) is 0 Å². The fourth-order valence-corrected chi connectivity index (χ4v) is 4.10. The molecule has 0 bridgehead atoms. The summed E-state index contributed by atoms with van der Waals surface area (Å²) in [5, 5.41) is 3.04. The predicted octanol–water partition coefficient (Wildman–Crippen LogP) is 3.14. The minimum Gasteiger partial charge on any atom is -0.463 e. The number of rotatable bonds is 10. The Balaban J connectivity index is 2.97. The van der Waals surface area contributed by atoms with Crippen molar-refractivity contribution in [2.24, 2.45) is 5.92 Å². The number of likely N-dealkylation sites (tertiary alicyclic amines) is 1. The molecular weight excluding hydrogens is 394 g/mol. The van der Waals surface area contributed by atoms with E-state index in [0.717, 1.165) is 25.8 Å². The molecule has 7 nitrogen and oxygen atoms in total. The molecule has 3 atom stereocenters. The first-order valence-corrected chi connectivity index (χ1v) is 11.7. The summed E-state index contributed by atoms with van der Waals surface area (Å²) in [6, 6.07) is -0.774. The first kappa shape index (κ1) is 27.1. The monoisotopic (exact) mass is 437 g/mol. The lowest BCUT2D eigenvalue weighted by Crippen LogP contribution is -2.58. The van der Waals surface area contributed by atoms with Crippen LogP contribution in [0, 0.1) is 5.92 Å². The van der Waals surface area contributed by atoms with Crippen molar-refractivity contribution in [3.63, 3.8) is 0 Å². The molecule has 178 valence electrons. The van der Waals surface area contributed by atoms with Crippen molar-refractivity contribution in [3.8, 4) is 0 Å². The van der Waals surface area contributed by atoms with Crippen LogP contribution in [0.3, 0.4) is 0 Å². The number of nitrogens with zero attached hydrogens (tertiary/aromatic N) is 2. The Kier molecular flexibility index (Phi) is 11.2. The van der Waals surface area contributed by atoms with Gasteiger partial charge in [0.2, 0.25) is 11.8 Å². The van der Waals surface area contributed by atoms with Crippen molar-refractivity contribution in [2.75, 3.05) is 20.2 Å². The Morgan fingerprint density at radius 3 is 2.32 bits per heavy atom. The van der Waals surface area contributed by atoms with Crippen LogP contribution in [0.1, 0.15) is 74.1 Å². The molecule has 0 spiro atoms. The highest BCUT2D eigenvalue weighted by atomic mass is 16.5. The van der Waals surface area contributed by atoms with Gasteiger partial charge in [-0.05, 0) is 59.4 Å². The van der Waals surface area contributed by atoms with Crippen LogP contribution >= 0.6 is 0 Å². The maximum absolute atomic E-state index is 13.3. The molecule has 0 aliphatic carbocycles. The molecule has 1 N–H and O–H groups in total. The molecule has 0 unspecified atom stereocenters. The molecule has 7 heteroatoms. The lowest BCUT2D eigenvalue weighted by Gasteiger charge is -2.39. The van der Waals surface area contributed by atoms with Crippen molar-refractivity contribution in [2.45, 2.75) is 98.3 Å². The zero-order chi connectivity index (χ0) is 23.7. The first-order valence-electron chi connectivity index (χ1n) is 11.7. The number of ether oxygens (including phenoxy) is 1. The zero-order valence-electron chi connectivity index (χ0n) is 20.7. The quantitative estimate of drug-likeness (QED) is 0.420. The van der Waals surface area contributed by atoms with Crippen molar-refractivity contribution < 1.29 is 19.1 Å². The summed E-state index contributed by atoms with van der Waals surface area (Å²) in [4.78, 5) is 42.3. The number of likely N-dealkylation sites (N-methyl/N-ethyl adjacent to an activating group) is 1. The molecule has 0 aromatic heterocycles. The molecule has 0 radical (unpaired) electrons. The summed E-state index contributed by atoms with van der Waals surface area (Å²) in [7, 11) is 1.73. The Hall–Kier alpha value is -1.89. The maximum Gasteiger partial charge on any atom is 0.333 e. The van der Waals surface area contributed by atoms with E-state index in [1.165, 1.54) is 0 Å². The zero-order valence-corrected chi connectivity index (χ0v) is 20.7. The van der Waals surface area contributed by atoms with E-state index in [4.69, 9.17) is 4.74 Å². The van der Waals surface area contributed by atoms with Gasteiger partial charge in [-0.2, -0.15) is 0 Å².